The van der Waals surface area contributed by atoms with Crippen molar-refractivity contribution in [1.82, 2.24) is 9.97 Å². The van der Waals surface area contributed by atoms with Crippen molar-refractivity contribution in [1.29, 1.82) is 0 Å². The van der Waals surface area contributed by atoms with Gasteiger partial charge in [0.1, 0.15) is 5.75 Å². The Morgan fingerprint density at radius 3 is 2.65 bits per heavy atom. The largest absolute Gasteiger partial charge is 0.496 e. The van der Waals surface area contributed by atoms with E-state index in [1.54, 1.807) is 7.11 Å². The van der Waals surface area contributed by atoms with E-state index in [4.69, 9.17) is 9.72 Å². The molecule has 0 spiro atoms. The third kappa shape index (κ3) is 2.59. The van der Waals surface area contributed by atoms with Crippen molar-refractivity contribution >= 4 is 5.95 Å². The fourth-order valence-electron chi connectivity index (χ4n) is 2.60. The molecule has 104 valence electrons. The maximum Gasteiger partial charge on any atom is 0.225 e. The van der Waals surface area contributed by atoms with Gasteiger partial charge in [0.05, 0.1) is 12.8 Å². The molecule has 0 radical (unpaired) electrons. The first-order valence-corrected chi connectivity index (χ1v) is 7.10. The molecule has 0 aliphatic carbocycles. The van der Waals surface area contributed by atoms with Crippen molar-refractivity contribution in [3.05, 3.63) is 36.5 Å². The van der Waals surface area contributed by atoms with Crippen molar-refractivity contribution in [2.75, 3.05) is 25.1 Å². The summed E-state index contributed by atoms with van der Waals surface area (Å²) in [5, 5.41) is 0. The number of aromatic nitrogens is 2. The van der Waals surface area contributed by atoms with E-state index in [0.717, 1.165) is 36.0 Å². The van der Waals surface area contributed by atoms with Gasteiger partial charge in [-0.3, -0.25) is 0 Å². The maximum absolute atomic E-state index is 5.41. The SMILES string of the molecule is COc1ccccc1-c1ccnc(N2CCCCC2)n1. The summed E-state index contributed by atoms with van der Waals surface area (Å²) >= 11 is 0. The Kier molecular flexibility index (Phi) is 3.81. The lowest BCUT2D eigenvalue weighted by atomic mass is 10.1. The fraction of sp³-hybridized carbons (Fsp3) is 0.375. The van der Waals surface area contributed by atoms with Gasteiger partial charge in [-0.05, 0) is 37.5 Å². The van der Waals surface area contributed by atoms with Crippen LogP contribution in [-0.2, 0) is 0 Å². The Morgan fingerprint density at radius 1 is 1.05 bits per heavy atom. The molecule has 1 aromatic heterocycles. The second kappa shape index (κ2) is 5.90. The predicted octanol–water partition coefficient (Wildman–Crippen LogP) is 3.14. The van der Waals surface area contributed by atoms with Crippen LogP contribution in [0, 0.1) is 0 Å². The summed E-state index contributed by atoms with van der Waals surface area (Å²) in [5.74, 6) is 1.67. The molecule has 4 heteroatoms. The molecule has 20 heavy (non-hydrogen) atoms. The number of benzene rings is 1. The van der Waals surface area contributed by atoms with Crippen LogP contribution in [0.15, 0.2) is 36.5 Å². The lowest BCUT2D eigenvalue weighted by molar-refractivity contribution is 0.416. The number of rotatable bonds is 3. The number of hydrogen-bond donors (Lipinski definition) is 0. The van der Waals surface area contributed by atoms with Crippen LogP contribution in [0.25, 0.3) is 11.3 Å². The van der Waals surface area contributed by atoms with E-state index in [0.29, 0.717) is 0 Å². The molecular formula is C16H19N3O. The quantitative estimate of drug-likeness (QED) is 0.858. The highest BCUT2D eigenvalue weighted by Gasteiger charge is 2.15. The minimum atomic E-state index is 0.827. The topological polar surface area (TPSA) is 38.2 Å². The van der Waals surface area contributed by atoms with Crippen LogP contribution < -0.4 is 9.64 Å². The van der Waals surface area contributed by atoms with Gasteiger partial charge >= 0.3 is 0 Å². The van der Waals surface area contributed by atoms with Gasteiger partial charge in [0.25, 0.3) is 0 Å². The molecule has 1 fully saturated rings. The van der Waals surface area contributed by atoms with Crippen LogP contribution in [-0.4, -0.2) is 30.2 Å². The van der Waals surface area contributed by atoms with Crippen molar-refractivity contribution < 1.29 is 4.74 Å². The van der Waals surface area contributed by atoms with Gasteiger partial charge in [-0.25, -0.2) is 9.97 Å². The second-order valence-corrected chi connectivity index (χ2v) is 4.99. The molecular weight excluding hydrogens is 250 g/mol. The highest BCUT2D eigenvalue weighted by molar-refractivity contribution is 5.67. The van der Waals surface area contributed by atoms with Gasteiger partial charge < -0.3 is 9.64 Å². The Hall–Kier alpha value is -2.10. The molecule has 1 aliphatic heterocycles. The first kappa shape index (κ1) is 12.9. The molecule has 0 bridgehead atoms. The van der Waals surface area contributed by atoms with E-state index in [9.17, 15) is 0 Å². The van der Waals surface area contributed by atoms with Crippen LogP contribution in [0.4, 0.5) is 5.95 Å². The van der Waals surface area contributed by atoms with Crippen LogP contribution in [0.5, 0.6) is 5.75 Å². The highest BCUT2D eigenvalue weighted by Crippen LogP contribution is 2.29. The van der Waals surface area contributed by atoms with Gasteiger partial charge in [0, 0.05) is 24.8 Å². The van der Waals surface area contributed by atoms with Crippen LogP contribution >= 0.6 is 0 Å². The van der Waals surface area contributed by atoms with Gasteiger partial charge in [-0.2, -0.15) is 0 Å². The zero-order valence-corrected chi connectivity index (χ0v) is 11.7. The van der Waals surface area contributed by atoms with Crippen molar-refractivity contribution in [3.63, 3.8) is 0 Å². The summed E-state index contributed by atoms with van der Waals surface area (Å²) in [6.45, 7) is 2.10. The number of piperidine rings is 1. The Morgan fingerprint density at radius 2 is 1.85 bits per heavy atom. The third-order valence-electron chi connectivity index (χ3n) is 3.66. The smallest absolute Gasteiger partial charge is 0.225 e. The lowest BCUT2D eigenvalue weighted by Crippen LogP contribution is -2.30. The molecule has 1 aliphatic rings. The van der Waals surface area contributed by atoms with Crippen molar-refractivity contribution in [2.24, 2.45) is 0 Å². The number of ether oxygens (including phenoxy) is 1. The molecule has 3 rings (SSSR count). The van der Waals surface area contributed by atoms with E-state index < -0.39 is 0 Å². The average molecular weight is 269 g/mol. The summed E-state index contributed by atoms with van der Waals surface area (Å²) < 4.78 is 5.41. The standard InChI is InChI=1S/C16H19N3O/c1-20-15-8-4-3-7-13(15)14-9-10-17-16(18-14)19-11-5-2-6-12-19/h3-4,7-10H,2,5-6,11-12H2,1H3. The molecule has 1 saturated heterocycles. The van der Waals surface area contributed by atoms with E-state index in [2.05, 4.69) is 9.88 Å². The summed E-state index contributed by atoms with van der Waals surface area (Å²) in [4.78, 5) is 11.4. The summed E-state index contributed by atoms with van der Waals surface area (Å²) in [6, 6.07) is 9.89. The molecule has 2 heterocycles. The normalized spacial score (nSPS) is 15.2. The zero-order valence-electron chi connectivity index (χ0n) is 11.7. The minimum absolute atomic E-state index is 0.827. The van der Waals surface area contributed by atoms with E-state index in [1.807, 2.05) is 36.5 Å². The van der Waals surface area contributed by atoms with Crippen molar-refractivity contribution in [3.8, 4) is 17.0 Å². The summed E-state index contributed by atoms with van der Waals surface area (Å²) in [5.41, 5.74) is 1.92. The third-order valence-corrected chi connectivity index (χ3v) is 3.66. The van der Waals surface area contributed by atoms with Crippen molar-refractivity contribution in [2.45, 2.75) is 19.3 Å². The molecule has 2 aromatic rings. The van der Waals surface area contributed by atoms with Gasteiger partial charge in [0.2, 0.25) is 5.95 Å². The van der Waals surface area contributed by atoms with Gasteiger partial charge in [-0.15, -0.1) is 0 Å². The second-order valence-electron chi connectivity index (χ2n) is 4.99. The monoisotopic (exact) mass is 269 g/mol. The molecule has 0 unspecified atom stereocenters. The van der Waals surface area contributed by atoms with Crippen LogP contribution in [0.3, 0.4) is 0 Å². The first-order valence-electron chi connectivity index (χ1n) is 7.10. The van der Waals surface area contributed by atoms with Crippen LogP contribution in [0.1, 0.15) is 19.3 Å². The number of para-hydroxylation sites is 1. The number of nitrogens with zero attached hydrogens (tertiary/aromatic N) is 3. The molecule has 0 amide bonds. The number of methoxy groups -OCH3 is 1. The molecule has 0 atom stereocenters. The minimum Gasteiger partial charge on any atom is -0.496 e. The van der Waals surface area contributed by atoms with E-state index in [-0.39, 0.29) is 0 Å². The summed E-state index contributed by atoms with van der Waals surface area (Å²) in [7, 11) is 1.69. The van der Waals surface area contributed by atoms with Gasteiger partial charge in [0.15, 0.2) is 0 Å². The van der Waals surface area contributed by atoms with E-state index >= 15 is 0 Å². The number of hydrogen-bond acceptors (Lipinski definition) is 4. The molecule has 1 aromatic carbocycles. The van der Waals surface area contributed by atoms with E-state index in [1.165, 1.54) is 19.3 Å². The first-order chi connectivity index (χ1) is 9.88. The zero-order chi connectivity index (χ0) is 13.8. The Bertz CT molecular complexity index is 579. The number of anilines is 1. The summed E-state index contributed by atoms with van der Waals surface area (Å²) in [6.07, 6.45) is 5.59. The molecule has 4 nitrogen and oxygen atoms in total. The predicted molar refractivity (Wildman–Crippen MR) is 80.1 cm³/mol. The Balaban J connectivity index is 1.94. The Labute approximate surface area is 119 Å². The fourth-order valence-corrected chi connectivity index (χ4v) is 2.60. The lowest BCUT2D eigenvalue weighted by Gasteiger charge is -2.26. The van der Waals surface area contributed by atoms with Gasteiger partial charge in [-0.1, -0.05) is 12.1 Å². The van der Waals surface area contributed by atoms with Crippen LogP contribution in [0.2, 0.25) is 0 Å². The molecule has 0 saturated carbocycles. The highest BCUT2D eigenvalue weighted by atomic mass is 16.5. The average Bonchev–Trinajstić information content (AvgIpc) is 2.56. The molecule has 0 N–H and O–H groups in total. The maximum atomic E-state index is 5.41.